The average molecular weight is 345 g/mol. The van der Waals surface area contributed by atoms with Gasteiger partial charge >= 0.3 is 6.18 Å². The van der Waals surface area contributed by atoms with Crippen LogP contribution in [0.25, 0.3) is 0 Å². The molecule has 2 rings (SSSR count). The lowest BCUT2D eigenvalue weighted by Gasteiger charge is -2.33. The van der Waals surface area contributed by atoms with Crippen LogP contribution in [0.5, 0.6) is 11.5 Å². The largest absolute Gasteiger partial charge is 0.497 e. The fraction of sp³-hybridized carbons (Fsp3) is 0.588. The molecule has 1 heterocycles. The second-order valence-electron chi connectivity index (χ2n) is 5.94. The van der Waals surface area contributed by atoms with Gasteiger partial charge in [0.25, 0.3) is 0 Å². The van der Waals surface area contributed by atoms with Crippen LogP contribution in [0.15, 0.2) is 18.2 Å². The normalized spacial score (nSPS) is 18.4. The number of aryl methyl sites for hydroxylation is 1. The highest BCUT2D eigenvalue weighted by Crippen LogP contribution is 2.33. The van der Waals surface area contributed by atoms with Crippen molar-refractivity contribution < 1.29 is 27.4 Å². The third-order valence-electron chi connectivity index (χ3n) is 4.28. The summed E-state index contributed by atoms with van der Waals surface area (Å²) >= 11 is 0. The lowest BCUT2D eigenvalue weighted by molar-refractivity contribution is -0.188. The van der Waals surface area contributed by atoms with Crippen molar-refractivity contribution in [3.05, 3.63) is 23.8 Å². The molecule has 1 aliphatic heterocycles. The molecule has 0 aliphatic carbocycles. The molecule has 0 saturated carbocycles. The molecule has 1 atom stereocenters. The molecule has 24 heavy (non-hydrogen) atoms. The van der Waals surface area contributed by atoms with E-state index in [1.54, 1.807) is 18.2 Å². The van der Waals surface area contributed by atoms with Crippen molar-refractivity contribution in [2.75, 3.05) is 27.3 Å². The Morgan fingerprint density at radius 1 is 1.21 bits per heavy atom. The lowest BCUT2D eigenvalue weighted by atomic mass is 9.97. The first-order valence-electron chi connectivity index (χ1n) is 7.90. The van der Waals surface area contributed by atoms with E-state index in [0.717, 1.165) is 5.56 Å². The van der Waals surface area contributed by atoms with Gasteiger partial charge in [-0.05, 0) is 37.0 Å². The number of rotatable bonds is 5. The predicted octanol–water partition coefficient (Wildman–Crippen LogP) is 3.44. The third-order valence-corrected chi connectivity index (χ3v) is 4.28. The van der Waals surface area contributed by atoms with E-state index in [1.165, 1.54) is 19.1 Å². The minimum Gasteiger partial charge on any atom is -0.497 e. The number of benzene rings is 1. The molecule has 1 saturated heterocycles. The zero-order chi connectivity index (χ0) is 17.7. The lowest BCUT2D eigenvalue weighted by Crippen LogP contribution is -2.44. The molecule has 1 fully saturated rings. The van der Waals surface area contributed by atoms with Gasteiger partial charge in [-0.25, -0.2) is 0 Å². The zero-order valence-electron chi connectivity index (χ0n) is 13.9. The van der Waals surface area contributed by atoms with Gasteiger partial charge in [0.2, 0.25) is 5.91 Å². The number of piperidine rings is 1. The molecular formula is C17H22F3NO3. The molecular weight excluding hydrogens is 323 g/mol. The Balaban J connectivity index is 1.95. The van der Waals surface area contributed by atoms with Crippen molar-refractivity contribution >= 4 is 5.91 Å². The maximum absolute atomic E-state index is 12.8. The summed E-state index contributed by atoms with van der Waals surface area (Å²) in [7, 11) is 3.07. The molecule has 0 spiro atoms. The minimum atomic E-state index is -4.24. The standard InChI is InChI=1S/C17H22F3NO3/c1-23-14-8-12(9-15(10-14)24-2)5-6-16(22)21-7-3-4-13(11-21)17(18,19)20/h8-10,13H,3-7,11H2,1-2H3/t13-/m1/s1. The van der Waals surface area contributed by atoms with Crippen LogP contribution in [0, 0.1) is 5.92 Å². The molecule has 0 bridgehead atoms. The summed E-state index contributed by atoms with van der Waals surface area (Å²) < 4.78 is 48.8. The smallest absolute Gasteiger partial charge is 0.393 e. The van der Waals surface area contributed by atoms with E-state index in [0.29, 0.717) is 30.9 Å². The van der Waals surface area contributed by atoms with E-state index >= 15 is 0 Å². The van der Waals surface area contributed by atoms with E-state index in [4.69, 9.17) is 9.47 Å². The molecule has 1 aromatic rings. The Kier molecular flexibility index (Phi) is 5.96. The minimum absolute atomic E-state index is 0.0976. The fourth-order valence-corrected chi connectivity index (χ4v) is 2.89. The van der Waals surface area contributed by atoms with Gasteiger partial charge in [0.05, 0.1) is 20.1 Å². The number of methoxy groups -OCH3 is 2. The summed E-state index contributed by atoms with van der Waals surface area (Å²) in [6.07, 6.45) is -3.15. The summed E-state index contributed by atoms with van der Waals surface area (Å²) in [6, 6.07) is 5.32. The highest BCUT2D eigenvalue weighted by molar-refractivity contribution is 5.76. The topological polar surface area (TPSA) is 38.8 Å². The quantitative estimate of drug-likeness (QED) is 0.821. The second-order valence-corrected chi connectivity index (χ2v) is 5.94. The molecule has 0 radical (unpaired) electrons. The van der Waals surface area contributed by atoms with Gasteiger partial charge in [-0.15, -0.1) is 0 Å². The van der Waals surface area contributed by atoms with Crippen LogP contribution in [-0.4, -0.2) is 44.3 Å². The van der Waals surface area contributed by atoms with Crippen LogP contribution in [0.4, 0.5) is 13.2 Å². The number of ether oxygens (including phenoxy) is 2. The van der Waals surface area contributed by atoms with Gasteiger partial charge in [-0.3, -0.25) is 4.79 Å². The van der Waals surface area contributed by atoms with Crippen molar-refractivity contribution in [1.29, 1.82) is 0 Å². The maximum atomic E-state index is 12.8. The number of alkyl halides is 3. The van der Waals surface area contributed by atoms with Crippen LogP contribution in [0.2, 0.25) is 0 Å². The van der Waals surface area contributed by atoms with Gasteiger partial charge in [0, 0.05) is 25.6 Å². The van der Waals surface area contributed by atoms with Crippen LogP contribution in [-0.2, 0) is 11.2 Å². The first kappa shape index (κ1) is 18.4. The van der Waals surface area contributed by atoms with Crippen LogP contribution >= 0.6 is 0 Å². The van der Waals surface area contributed by atoms with E-state index in [-0.39, 0.29) is 25.3 Å². The molecule has 0 aromatic heterocycles. The highest BCUT2D eigenvalue weighted by atomic mass is 19.4. The van der Waals surface area contributed by atoms with E-state index in [2.05, 4.69) is 0 Å². The average Bonchev–Trinajstić information content (AvgIpc) is 2.58. The Morgan fingerprint density at radius 2 is 1.83 bits per heavy atom. The van der Waals surface area contributed by atoms with Gasteiger partial charge in [0.15, 0.2) is 0 Å². The molecule has 134 valence electrons. The molecule has 4 nitrogen and oxygen atoms in total. The zero-order valence-corrected chi connectivity index (χ0v) is 13.9. The first-order valence-corrected chi connectivity index (χ1v) is 7.90. The van der Waals surface area contributed by atoms with E-state index < -0.39 is 12.1 Å². The Labute approximate surface area is 139 Å². The second kappa shape index (κ2) is 7.77. The van der Waals surface area contributed by atoms with Crippen molar-refractivity contribution in [2.45, 2.75) is 31.9 Å². The molecule has 0 unspecified atom stereocenters. The van der Waals surface area contributed by atoms with Crippen LogP contribution in [0.3, 0.4) is 0 Å². The molecule has 1 amide bonds. The van der Waals surface area contributed by atoms with Crippen LogP contribution < -0.4 is 9.47 Å². The van der Waals surface area contributed by atoms with Crippen molar-refractivity contribution in [2.24, 2.45) is 5.92 Å². The number of carbonyl (C=O) groups is 1. The molecule has 1 aliphatic rings. The summed E-state index contributed by atoms with van der Waals surface area (Å²) in [5.41, 5.74) is 0.851. The number of hydrogen-bond acceptors (Lipinski definition) is 3. The maximum Gasteiger partial charge on any atom is 0.393 e. The fourth-order valence-electron chi connectivity index (χ4n) is 2.89. The Morgan fingerprint density at radius 3 is 2.38 bits per heavy atom. The van der Waals surface area contributed by atoms with Gasteiger partial charge < -0.3 is 14.4 Å². The monoisotopic (exact) mass is 345 g/mol. The summed E-state index contributed by atoms with van der Waals surface area (Å²) in [5, 5.41) is 0. The Hall–Kier alpha value is -1.92. The molecule has 0 N–H and O–H groups in total. The SMILES string of the molecule is COc1cc(CCC(=O)N2CCC[C@@H](C(F)(F)F)C2)cc(OC)c1. The summed E-state index contributed by atoms with van der Waals surface area (Å²) in [4.78, 5) is 13.6. The summed E-state index contributed by atoms with van der Waals surface area (Å²) in [6.45, 7) is 0.163. The first-order chi connectivity index (χ1) is 11.3. The van der Waals surface area contributed by atoms with Gasteiger partial charge in [0.1, 0.15) is 11.5 Å². The molecule has 1 aromatic carbocycles. The predicted molar refractivity (Wildman–Crippen MR) is 83.2 cm³/mol. The van der Waals surface area contributed by atoms with E-state index in [1.807, 2.05) is 0 Å². The number of nitrogens with zero attached hydrogens (tertiary/aromatic N) is 1. The highest BCUT2D eigenvalue weighted by Gasteiger charge is 2.42. The number of halogens is 3. The number of hydrogen-bond donors (Lipinski definition) is 0. The number of likely N-dealkylation sites (tertiary alicyclic amines) is 1. The van der Waals surface area contributed by atoms with Crippen molar-refractivity contribution in [3.8, 4) is 11.5 Å². The van der Waals surface area contributed by atoms with Gasteiger partial charge in [-0.2, -0.15) is 13.2 Å². The Bertz CT molecular complexity index is 552. The van der Waals surface area contributed by atoms with Gasteiger partial charge in [-0.1, -0.05) is 0 Å². The third kappa shape index (κ3) is 4.79. The van der Waals surface area contributed by atoms with Crippen LogP contribution in [0.1, 0.15) is 24.8 Å². The number of carbonyl (C=O) groups excluding carboxylic acids is 1. The number of amides is 1. The van der Waals surface area contributed by atoms with E-state index in [9.17, 15) is 18.0 Å². The molecule has 7 heteroatoms. The van der Waals surface area contributed by atoms with Crippen molar-refractivity contribution in [1.82, 2.24) is 4.90 Å². The van der Waals surface area contributed by atoms with Crippen molar-refractivity contribution in [3.63, 3.8) is 0 Å². The summed E-state index contributed by atoms with van der Waals surface area (Å²) in [5.74, 6) is -0.420.